The number of benzene rings is 1. The quantitative estimate of drug-likeness (QED) is 0.227. The zero-order valence-corrected chi connectivity index (χ0v) is 18.3. The maximum Gasteiger partial charge on any atom is 0.230 e. The van der Waals surface area contributed by atoms with Crippen molar-refractivity contribution < 1.29 is 30.0 Å². The van der Waals surface area contributed by atoms with Crippen molar-refractivity contribution in [3.8, 4) is 5.88 Å². The molecule has 176 valence electrons. The van der Waals surface area contributed by atoms with Gasteiger partial charge in [0.15, 0.2) is 24.2 Å². The fourth-order valence-corrected chi connectivity index (χ4v) is 5.34. The molecule has 0 aliphatic rings. The van der Waals surface area contributed by atoms with Crippen molar-refractivity contribution in [3.63, 3.8) is 0 Å². The number of halogens is 6. The third-order valence-electron chi connectivity index (χ3n) is 4.17. The van der Waals surface area contributed by atoms with E-state index in [1.807, 2.05) is 54.9 Å². The summed E-state index contributed by atoms with van der Waals surface area (Å²) in [5, 5.41) is 8.17. The number of aromatic nitrogens is 6. The summed E-state index contributed by atoms with van der Waals surface area (Å²) in [6.45, 7) is 0. The van der Waals surface area contributed by atoms with Crippen LogP contribution >= 0.6 is 15.7 Å². The Hall–Kier alpha value is -3.30. The predicted octanol–water partition coefficient (Wildman–Crippen LogP) is 5.13. The SMILES string of the molecule is F[P-](F)(F)(F)(F)F.c1c[nH]c([PH+](c2ccc[nH]2)c2ccc(On3nnc4ccccc43)[nH]2)c1. The third-order valence-corrected chi connectivity index (χ3v) is 6.70. The molecule has 0 unspecified atom stereocenters. The van der Waals surface area contributed by atoms with Gasteiger partial charge < -0.3 is 14.8 Å². The minimum Gasteiger partial charge on any atom is -0.337 e. The molecule has 0 radical (unpaired) electrons. The number of hydrogen-bond donors (Lipinski definition) is 3. The fourth-order valence-electron chi connectivity index (χ4n) is 2.99. The van der Waals surface area contributed by atoms with Crippen LogP contribution < -0.4 is 21.1 Å². The molecule has 15 heteroatoms. The summed E-state index contributed by atoms with van der Waals surface area (Å²) in [7, 11) is -11.8. The summed E-state index contributed by atoms with van der Waals surface area (Å²) in [5.41, 5.74) is 5.11. The molecule has 0 spiro atoms. The van der Waals surface area contributed by atoms with Gasteiger partial charge in [-0.15, -0.1) is 5.10 Å². The molecule has 33 heavy (non-hydrogen) atoms. The molecule has 4 aromatic heterocycles. The number of H-pyrrole nitrogens is 3. The van der Waals surface area contributed by atoms with Crippen molar-refractivity contribution in [1.29, 1.82) is 0 Å². The molecule has 0 fully saturated rings. The van der Waals surface area contributed by atoms with Gasteiger partial charge in [0.05, 0.1) is 0 Å². The van der Waals surface area contributed by atoms with Crippen LogP contribution in [-0.2, 0) is 0 Å². The first-order valence-corrected chi connectivity index (χ1v) is 12.8. The molecular formula is C18H16F6N6OP2. The third kappa shape index (κ3) is 6.59. The number of rotatable bonds is 5. The van der Waals surface area contributed by atoms with E-state index in [9.17, 15) is 25.2 Å². The molecule has 0 amide bonds. The molecule has 7 nitrogen and oxygen atoms in total. The minimum atomic E-state index is -10.7. The summed E-state index contributed by atoms with van der Waals surface area (Å²) < 4.78 is 59.2. The van der Waals surface area contributed by atoms with E-state index < -0.39 is 15.7 Å². The first-order chi connectivity index (χ1) is 15.3. The first kappa shape index (κ1) is 22.9. The Bertz CT molecular complexity index is 1300. The smallest absolute Gasteiger partial charge is 0.230 e. The molecular weight excluding hydrogens is 492 g/mol. The largest absolute Gasteiger partial charge is 0.337 e. The maximum atomic E-state index is 9.87. The van der Waals surface area contributed by atoms with Gasteiger partial charge in [0, 0.05) is 36.7 Å². The zero-order chi connectivity index (χ0) is 23.8. The zero-order valence-electron chi connectivity index (χ0n) is 16.4. The Labute approximate surface area is 182 Å². The molecule has 0 saturated carbocycles. The Morgan fingerprint density at radius 2 is 1.36 bits per heavy atom. The van der Waals surface area contributed by atoms with Gasteiger partial charge in [0.1, 0.15) is 11.0 Å². The Balaban J connectivity index is 0.000000325. The Kier molecular flexibility index (Phi) is 5.29. The monoisotopic (exact) mass is 508 g/mol. The average molecular weight is 508 g/mol. The number of fused-ring (bicyclic) bond motifs is 1. The van der Waals surface area contributed by atoms with Crippen molar-refractivity contribution in [1.82, 2.24) is 30.1 Å². The summed E-state index contributed by atoms with van der Waals surface area (Å²) in [6.07, 6.45) is 3.90. The number of para-hydroxylation sites is 1. The Morgan fingerprint density at radius 1 is 0.758 bits per heavy atom. The van der Waals surface area contributed by atoms with Gasteiger partial charge in [0.25, 0.3) is 0 Å². The van der Waals surface area contributed by atoms with E-state index in [0.29, 0.717) is 5.88 Å². The minimum absolute atomic E-state index is 0.622. The molecule has 4 heterocycles. The van der Waals surface area contributed by atoms with E-state index in [4.69, 9.17) is 4.84 Å². The van der Waals surface area contributed by atoms with E-state index in [0.717, 1.165) is 16.5 Å². The van der Waals surface area contributed by atoms with Crippen LogP contribution in [0.4, 0.5) is 25.2 Å². The summed E-state index contributed by atoms with van der Waals surface area (Å²) in [4.78, 5) is 17.4. The number of hydrogen-bond acceptors (Lipinski definition) is 3. The summed E-state index contributed by atoms with van der Waals surface area (Å²) >= 11 is 0. The topological polar surface area (TPSA) is 87.3 Å². The van der Waals surface area contributed by atoms with E-state index in [2.05, 4.69) is 43.5 Å². The van der Waals surface area contributed by atoms with Crippen molar-refractivity contribution in [2.24, 2.45) is 0 Å². The molecule has 1 aromatic carbocycles. The molecule has 0 saturated heterocycles. The van der Waals surface area contributed by atoms with Crippen LogP contribution in [0.1, 0.15) is 0 Å². The van der Waals surface area contributed by atoms with Crippen LogP contribution in [0, 0.1) is 0 Å². The van der Waals surface area contributed by atoms with Gasteiger partial charge >= 0.3 is 33.0 Å². The van der Waals surface area contributed by atoms with Crippen molar-refractivity contribution in [2.45, 2.75) is 0 Å². The second-order valence-electron chi connectivity index (χ2n) is 6.78. The van der Waals surface area contributed by atoms with Gasteiger partial charge in [-0.25, -0.2) is 0 Å². The average Bonchev–Trinajstić information content (AvgIpc) is 3.50. The van der Waals surface area contributed by atoms with Gasteiger partial charge in [0.2, 0.25) is 5.88 Å². The number of nitrogens with one attached hydrogen (secondary N) is 3. The van der Waals surface area contributed by atoms with Crippen LogP contribution in [-0.4, -0.2) is 30.1 Å². The van der Waals surface area contributed by atoms with Gasteiger partial charge in [-0.1, -0.05) is 17.0 Å². The molecule has 5 aromatic rings. The summed E-state index contributed by atoms with van der Waals surface area (Å²) in [5.74, 6) is 0.622. The molecule has 0 aliphatic carbocycles. The van der Waals surface area contributed by atoms with Crippen molar-refractivity contribution in [3.05, 3.63) is 73.1 Å². The van der Waals surface area contributed by atoms with Crippen LogP contribution in [0.15, 0.2) is 73.1 Å². The van der Waals surface area contributed by atoms with Crippen molar-refractivity contribution >= 4 is 43.1 Å². The Morgan fingerprint density at radius 3 is 1.94 bits per heavy atom. The van der Waals surface area contributed by atoms with Gasteiger partial charge in [-0.3, -0.25) is 4.98 Å². The van der Waals surface area contributed by atoms with E-state index in [1.54, 1.807) is 0 Å². The number of nitrogens with zero attached hydrogens (tertiary/aromatic N) is 3. The van der Waals surface area contributed by atoms with Gasteiger partial charge in [-0.2, -0.15) is 0 Å². The number of aromatic amines is 3. The fraction of sp³-hybridized carbons (Fsp3) is 0. The van der Waals surface area contributed by atoms with Crippen LogP contribution in [0.5, 0.6) is 5.88 Å². The second-order valence-corrected chi connectivity index (χ2v) is 11.1. The molecule has 0 atom stereocenters. The molecule has 0 bridgehead atoms. The first-order valence-electron chi connectivity index (χ1n) is 9.22. The van der Waals surface area contributed by atoms with E-state index in [-0.39, 0.29) is 0 Å². The van der Waals surface area contributed by atoms with Crippen LogP contribution in [0.25, 0.3) is 11.0 Å². The molecule has 5 rings (SSSR count). The normalized spacial score (nSPS) is 13.9. The van der Waals surface area contributed by atoms with Crippen molar-refractivity contribution in [2.75, 3.05) is 0 Å². The van der Waals surface area contributed by atoms with Crippen LogP contribution in [0.2, 0.25) is 0 Å². The van der Waals surface area contributed by atoms with E-state index >= 15 is 0 Å². The van der Waals surface area contributed by atoms with Gasteiger partial charge in [-0.05, 0) is 29.5 Å². The predicted molar refractivity (Wildman–Crippen MR) is 117 cm³/mol. The second kappa shape index (κ2) is 7.64. The molecule has 0 aliphatic heterocycles. The van der Waals surface area contributed by atoms with E-state index in [1.165, 1.54) is 15.7 Å². The van der Waals surface area contributed by atoms with Crippen LogP contribution in [0.3, 0.4) is 0 Å². The standard InChI is InChI=1S/C18H15N6OP.F6P/c1-2-6-14-13(5-1)22-23-24(14)25-15-9-10-18(21-15)26(16-7-3-11-19-16)17-8-4-12-20-17;1-7(2,3,4,5)6/h1-12,19-21H;/q;-1/p+1. The molecule has 3 N–H and O–H groups in total. The summed E-state index contributed by atoms with van der Waals surface area (Å²) in [6, 6.07) is 19.9. The maximum absolute atomic E-state index is 10.7.